The number of hydrogen-bond acceptors (Lipinski definition) is 3. The number of fused-ring (bicyclic) bond motifs is 1. The molecule has 1 aliphatic rings. The second-order valence-corrected chi connectivity index (χ2v) is 6.83. The average Bonchev–Trinajstić information content (AvgIpc) is 2.99. The number of benzene rings is 2. The van der Waals surface area contributed by atoms with Crippen LogP contribution in [0.25, 0.3) is 0 Å². The molecule has 0 saturated heterocycles. The van der Waals surface area contributed by atoms with E-state index in [2.05, 4.69) is 34.5 Å². The minimum atomic E-state index is 0.0372. The van der Waals surface area contributed by atoms with Gasteiger partial charge in [0.2, 0.25) is 5.91 Å². The highest BCUT2D eigenvalue weighted by molar-refractivity contribution is 7.98. The van der Waals surface area contributed by atoms with E-state index < -0.39 is 0 Å². The molecular weight excluding hydrogens is 304 g/mol. The topological polar surface area (TPSA) is 32.3 Å². The van der Waals surface area contributed by atoms with Crippen LogP contribution in [0.4, 0.5) is 5.69 Å². The molecule has 120 valence electrons. The van der Waals surface area contributed by atoms with Gasteiger partial charge in [-0.05, 0) is 55.5 Å². The highest BCUT2D eigenvalue weighted by Crippen LogP contribution is 2.34. The Hall–Kier alpha value is -1.78. The van der Waals surface area contributed by atoms with Crippen LogP contribution in [0.2, 0.25) is 0 Å². The third-order valence-electron chi connectivity index (χ3n) is 4.38. The number of carbonyl (C=O) groups is 1. The smallest absolute Gasteiger partial charge is 0.238 e. The van der Waals surface area contributed by atoms with Gasteiger partial charge in [0.1, 0.15) is 0 Å². The third-order valence-corrected chi connectivity index (χ3v) is 5.11. The van der Waals surface area contributed by atoms with E-state index in [1.807, 2.05) is 37.6 Å². The lowest BCUT2D eigenvalue weighted by Crippen LogP contribution is -2.32. The van der Waals surface area contributed by atoms with Crippen molar-refractivity contribution in [1.82, 2.24) is 4.90 Å². The quantitative estimate of drug-likeness (QED) is 0.844. The van der Waals surface area contributed by atoms with E-state index in [4.69, 9.17) is 0 Å². The molecule has 1 aliphatic carbocycles. The van der Waals surface area contributed by atoms with Crippen LogP contribution in [-0.2, 0) is 11.2 Å². The summed E-state index contributed by atoms with van der Waals surface area (Å²) in [7, 11) is 2.03. The number of aryl methyl sites for hydroxylation is 1. The maximum absolute atomic E-state index is 12.3. The van der Waals surface area contributed by atoms with Crippen molar-refractivity contribution >= 4 is 23.4 Å². The van der Waals surface area contributed by atoms with Gasteiger partial charge in [-0.1, -0.05) is 30.3 Å². The van der Waals surface area contributed by atoms with Crippen LogP contribution < -0.4 is 5.32 Å². The molecule has 1 atom stereocenters. The van der Waals surface area contributed by atoms with Gasteiger partial charge in [-0.2, -0.15) is 0 Å². The predicted molar refractivity (Wildman–Crippen MR) is 97.0 cm³/mol. The molecule has 4 heteroatoms. The molecule has 3 nitrogen and oxygen atoms in total. The van der Waals surface area contributed by atoms with Crippen LogP contribution in [-0.4, -0.2) is 30.7 Å². The second kappa shape index (κ2) is 7.20. The van der Waals surface area contributed by atoms with E-state index >= 15 is 0 Å². The van der Waals surface area contributed by atoms with Crippen LogP contribution in [0.3, 0.4) is 0 Å². The number of rotatable bonds is 5. The highest BCUT2D eigenvalue weighted by atomic mass is 32.2. The summed E-state index contributed by atoms with van der Waals surface area (Å²) in [6.07, 6.45) is 4.22. The summed E-state index contributed by atoms with van der Waals surface area (Å²) < 4.78 is 0. The van der Waals surface area contributed by atoms with Crippen LogP contribution in [0.15, 0.2) is 53.4 Å². The van der Waals surface area contributed by atoms with Gasteiger partial charge in [0.05, 0.1) is 6.54 Å². The van der Waals surface area contributed by atoms with Crippen molar-refractivity contribution in [3.8, 4) is 0 Å². The van der Waals surface area contributed by atoms with Gasteiger partial charge >= 0.3 is 0 Å². The first-order valence-electron chi connectivity index (χ1n) is 7.89. The summed E-state index contributed by atoms with van der Waals surface area (Å²) in [5.41, 5.74) is 3.65. The molecule has 0 spiro atoms. The van der Waals surface area contributed by atoms with E-state index in [1.165, 1.54) is 11.1 Å². The van der Waals surface area contributed by atoms with Crippen molar-refractivity contribution in [3.63, 3.8) is 0 Å². The molecule has 2 aromatic carbocycles. The first kappa shape index (κ1) is 16.1. The fourth-order valence-electron chi connectivity index (χ4n) is 3.23. The van der Waals surface area contributed by atoms with Crippen LogP contribution in [0, 0.1) is 0 Å². The molecule has 1 N–H and O–H groups in total. The molecule has 3 rings (SSSR count). The number of amides is 1. The number of nitrogens with zero attached hydrogens (tertiary/aromatic N) is 1. The largest absolute Gasteiger partial charge is 0.325 e. The summed E-state index contributed by atoms with van der Waals surface area (Å²) >= 11 is 1.67. The van der Waals surface area contributed by atoms with Crippen molar-refractivity contribution in [2.24, 2.45) is 0 Å². The average molecular weight is 326 g/mol. The van der Waals surface area contributed by atoms with Crippen molar-refractivity contribution < 1.29 is 4.79 Å². The predicted octanol–water partition coefficient (Wildman–Crippen LogP) is 3.97. The molecule has 0 aliphatic heterocycles. The van der Waals surface area contributed by atoms with E-state index in [1.54, 1.807) is 11.8 Å². The van der Waals surface area contributed by atoms with Crippen molar-refractivity contribution in [2.45, 2.75) is 23.8 Å². The Morgan fingerprint density at radius 1 is 1.26 bits per heavy atom. The second-order valence-electron chi connectivity index (χ2n) is 5.95. The van der Waals surface area contributed by atoms with Gasteiger partial charge in [-0.25, -0.2) is 0 Å². The zero-order valence-corrected chi connectivity index (χ0v) is 14.4. The maximum atomic E-state index is 12.3. The van der Waals surface area contributed by atoms with E-state index in [-0.39, 0.29) is 5.91 Å². The fraction of sp³-hybridized carbons (Fsp3) is 0.316. The zero-order valence-electron chi connectivity index (χ0n) is 13.6. The highest BCUT2D eigenvalue weighted by Gasteiger charge is 2.26. The Kier molecular flexibility index (Phi) is 5.03. The molecule has 0 aromatic heterocycles. The number of nitrogens with one attached hydrogen (secondary N) is 1. The summed E-state index contributed by atoms with van der Waals surface area (Å²) in [4.78, 5) is 15.6. The minimum absolute atomic E-state index is 0.0372. The summed E-state index contributed by atoms with van der Waals surface area (Å²) in [6.45, 7) is 0.405. The lowest BCUT2D eigenvalue weighted by molar-refractivity contribution is -0.117. The van der Waals surface area contributed by atoms with Crippen molar-refractivity contribution in [2.75, 3.05) is 25.2 Å². The van der Waals surface area contributed by atoms with E-state index in [0.717, 1.165) is 23.4 Å². The summed E-state index contributed by atoms with van der Waals surface area (Å²) in [5.74, 6) is 0.0372. The van der Waals surface area contributed by atoms with Crippen molar-refractivity contribution in [1.29, 1.82) is 0 Å². The Labute approximate surface area is 142 Å². The number of thioether (sulfide) groups is 1. The Morgan fingerprint density at radius 2 is 2.09 bits per heavy atom. The molecule has 0 bridgehead atoms. The Morgan fingerprint density at radius 3 is 2.91 bits per heavy atom. The van der Waals surface area contributed by atoms with Gasteiger partial charge in [0, 0.05) is 16.6 Å². The molecule has 2 aromatic rings. The van der Waals surface area contributed by atoms with Crippen molar-refractivity contribution in [3.05, 3.63) is 59.7 Å². The van der Waals surface area contributed by atoms with Crippen LogP contribution in [0.5, 0.6) is 0 Å². The third kappa shape index (κ3) is 3.77. The van der Waals surface area contributed by atoms with Gasteiger partial charge < -0.3 is 5.32 Å². The van der Waals surface area contributed by atoms with E-state index in [0.29, 0.717) is 12.6 Å². The summed E-state index contributed by atoms with van der Waals surface area (Å²) in [6, 6.07) is 16.8. The minimum Gasteiger partial charge on any atom is -0.325 e. The molecule has 0 fully saturated rings. The Balaban J connectivity index is 1.62. The first-order chi connectivity index (χ1) is 11.2. The molecule has 1 amide bonds. The lowest BCUT2D eigenvalue weighted by atomic mass is 10.1. The number of anilines is 1. The van der Waals surface area contributed by atoms with E-state index in [9.17, 15) is 4.79 Å². The fourth-order valence-corrected chi connectivity index (χ4v) is 3.69. The van der Waals surface area contributed by atoms with Gasteiger partial charge in [-0.3, -0.25) is 9.69 Å². The Bertz CT molecular complexity index is 701. The maximum Gasteiger partial charge on any atom is 0.238 e. The lowest BCUT2D eigenvalue weighted by Gasteiger charge is -2.24. The van der Waals surface area contributed by atoms with Crippen LogP contribution in [0.1, 0.15) is 23.6 Å². The summed E-state index contributed by atoms with van der Waals surface area (Å²) in [5, 5.41) is 3.00. The number of hydrogen-bond donors (Lipinski definition) is 1. The SMILES string of the molecule is CSc1cccc(NC(=O)CN(C)[C@H]2CCc3ccccc32)c1. The molecular formula is C19H22N2OS. The number of carbonyl (C=O) groups excluding carboxylic acids is 1. The normalized spacial score (nSPS) is 16.4. The molecule has 0 heterocycles. The van der Waals surface area contributed by atoms with Gasteiger partial charge in [0.15, 0.2) is 0 Å². The molecule has 0 radical (unpaired) electrons. The van der Waals surface area contributed by atoms with Gasteiger partial charge in [0.25, 0.3) is 0 Å². The standard InChI is InChI=1S/C19H22N2OS/c1-21(18-11-10-14-6-3-4-9-17(14)18)13-19(22)20-15-7-5-8-16(12-15)23-2/h3-9,12,18H,10-11,13H2,1-2H3,(H,20,22)/t18-/m0/s1. The first-order valence-corrected chi connectivity index (χ1v) is 9.12. The molecule has 0 saturated carbocycles. The molecule has 0 unspecified atom stereocenters. The monoisotopic (exact) mass is 326 g/mol. The molecule has 23 heavy (non-hydrogen) atoms. The zero-order chi connectivity index (χ0) is 16.2. The van der Waals surface area contributed by atoms with Crippen LogP contribution >= 0.6 is 11.8 Å². The van der Waals surface area contributed by atoms with Gasteiger partial charge in [-0.15, -0.1) is 11.8 Å². The number of likely N-dealkylation sites (N-methyl/N-ethyl adjacent to an activating group) is 1.